The first-order chi connectivity index (χ1) is 7.20. The molecule has 1 aromatic carbocycles. The smallest absolute Gasteiger partial charge is 0.123 e. The monoisotopic (exact) mass is 237 g/mol. The van der Waals surface area contributed by atoms with Crippen LogP contribution in [-0.4, -0.2) is 4.98 Å². The van der Waals surface area contributed by atoms with Crippen LogP contribution in [0.25, 0.3) is 10.6 Å². The molecule has 0 spiro atoms. The first-order valence-electron chi connectivity index (χ1n) is 4.80. The van der Waals surface area contributed by atoms with Gasteiger partial charge in [-0.1, -0.05) is 29.8 Å². The third kappa shape index (κ3) is 2.21. The number of hydrogen-bond donors (Lipinski definition) is 0. The quantitative estimate of drug-likeness (QED) is 0.715. The van der Waals surface area contributed by atoms with E-state index in [9.17, 15) is 0 Å². The molecule has 0 amide bonds. The average Bonchev–Trinajstić information content (AvgIpc) is 2.61. The lowest BCUT2D eigenvalue weighted by Crippen LogP contribution is -1.81. The van der Waals surface area contributed by atoms with E-state index < -0.39 is 0 Å². The Morgan fingerprint density at radius 1 is 1.20 bits per heavy atom. The van der Waals surface area contributed by atoms with Gasteiger partial charge in [-0.05, 0) is 13.8 Å². The van der Waals surface area contributed by atoms with Gasteiger partial charge < -0.3 is 0 Å². The molecule has 3 heteroatoms. The summed E-state index contributed by atoms with van der Waals surface area (Å²) in [6.45, 7) is 4.15. The number of benzene rings is 1. The molecule has 0 saturated carbocycles. The zero-order chi connectivity index (χ0) is 10.8. The Morgan fingerprint density at radius 2 is 1.87 bits per heavy atom. The fraction of sp³-hybridized carbons (Fsp3) is 0.250. The molecule has 0 bridgehead atoms. The maximum absolute atomic E-state index is 5.80. The van der Waals surface area contributed by atoms with E-state index in [4.69, 9.17) is 11.6 Å². The fourth-order valence-corrected chi connectivity index (χ4v) is 2.65. The molecule has 2 aromatic rings. The first kappa shape index (κ1) is 10.7. The Labute approximate surface area is 98.7 Å². The van der Waals surface area contributed by atoms with Gasteiger partial charge in [-0.3, -0.25) is 0 Å². The molecule has 1 aromatic heterocycles. The summed E-state index contributed by atoms with van der Waals surface area (Å²) in [5.41, 5.74) is 3.44. The van der Waals surface area contributed by atoms with E-state index in [1.165, 1.54) is 16.0 Å². The highest BCUT2D eigenvalue weighted by atomic mass is 35.5. The van der Waals surface area contributed by atoms with E-state index in [0.717, 1.165) is 10.7 Å². The summed E-state index contributed by atoms with van der Waals surface area (Å²) < 4.78 is 0. The molecule has 78 valence electrons. The van der Waals surface area contributed by atoms with E-state index in [0.29, 0.717) is 5.88 Å². The summed E-state index contributed by atoms with van der Waals surface area (Å²) in [7, 11) is 0. The number of aromatic nitrogens is 1. The Morgan fingerprint density at radius 3 is 2.40 bits per heavy atom. The lowest BCUT2D eigenvalue weighted by molar-refractivity contribution is 1.20. The van der Waals surface area contributed by atoms with Gasteiger partial charge in [0.1, 0.15) is 5.01 Å². The molecule has 0 radical (unpaired) electrons. The number of halogens is 1. The van der Waals surface area contributed by atoms with Crippen LogP contribution < -0.4 is 0 Å². The minimum Gasteiger partial charge on any atom is -0.240 e. The van der Waals surface area contributed by atoms with Gasteiger partial charge in [-0.2, -0.15) is 0 Å². The molecular weight excluding hydrogens is 226 g/mol. The van der Waals surface area contributed by atoms with Crippen molar-refractivity contribution in [3.63, 3.8) is 0 Å². The topological polar surface area (TPSA) is 12.9 Å². The molecule has 1 heterocycles. The van der Waals surface area contributed by atoms with Gasteiger partial charge in [-0.25, -0.2) is 4.98 Å². The lowest BCUT2D eigenvalue weighted by atomic mass is 10.2. The summed E-state index contributed by atoms with van der Waals surface area (Å²) in [5.74, 6) is 0.494. The van der Waals surface area contributed by atoms with E-state index in [2.05, 4.69) is 43.1 Å². The molecule has 0 aliphatic heterocycles. The van der Waals surface area contributed by atoms with Gasteiger partial charge >= 0.3 is 0 Å². The van der Waals surface area contributed by atoms with Crippen molar-refractivity contribution in [1.82, 2.24) is 4.98 Å². The molecule has 0 aliphatic carbocycles. The maximum Gasteiger partial charge on any atom is 0.123 e. The van der Waals surface area contributed by atoms with Gasteiger partial charge in [-0.15, -0.1) is 22.9 Å². The first-order valence-corrected chi connectivity index (χ1v) is 6.15. The van der Waals surface area contributed by atoms with E-state index in [1.807, 2.05) is 0 Å². The molecule has 1 nitrogen and oxygen atoms in total. The molecule has 0 fully saturated rings. The summed E-state index contributed by atoms with van der Waals surface area (Å²) in [5, 5.41) is 1.06. The van der Waals surface area contributed by atoms with E-state index in [-0.39, 0.29) is 0 Å². The van der Waals surface area contributed by atoms with Crippen molar-refractivity contribution in [2.45, 2.75) is 19.7 Å². The number of thiazole rings is 1. The molecular formula is C12H12ClNS. The Balaban J connectivity index is 2.41. The van der Waals surface area contributed by atoms with Crippen molar-refractivity contribution in [2.75, 3.05) is 0 Å². The fourth-order valence-electron chi connectivity index (χ4n) is 1.37. The van der Waals surface area contributed by atoms with Crippen molar-refractivity contribution in [3.05, 3.63) is 40.4 Å². The minimum atomic E-state index is 0.494. The molecule has 0 aliphatic rings. The lowest BCUT2D eigenvalue weighted by Gasteiger charge is -1.96. The van der Waals surface area contributed by atoms with Crippen molar-refractivity contribution >= 4 is 22.9 Å². The number of hydrogen-bond acceptors (Lipinski definition) is 2. The van der Waals surface area contributed by atoms with Crippen LogP contribution in [0.2, 0.25) is 0 Å². The Bertz CT molecular complexity index is 459. The van der Waals surface area contributed by atoms with Crippen LogP contribution in [0.4, 0.5) is 0 Å². The van der Waals surface area contributed by atoms with Crippen LogP contribution in [-0.2, 0) is 5.88 Å². The second-order valence-corrected chi connectivity index (χ2v) is 4.99. The van der Waals surface area contributed by atoms with Crippen molar-refractivity contribution in [1.29, 1.82) is 0 Å². The van der Waals surface area contributed by atoms with Gasteiger partial charge in [0.15, 0.2) is 0 Å². The zero-order valence-electron chi connectivity index (χ0n) is 8.75. The number of nitrogens with zero attached hydrogens (tertiary/aromatic N) is 1. The maximum atomic E-state index is 5.80. The highest BCUT2D eigenvalue weighted by Crippen LogP contribution is 2.28. The standard InChI is InChI=1S/C12H12ClNS/c1-8-3-5-10(6-4-8)12-14-11(7-13)9(2)15-12/h3-6H,7H2,1-2H3. The molecule has 15 heavy (non-hydrogen) atoms. The van der Waals surface area contributed by atoms with Crippen LogP contribution in [0.5, 0.6) is 0 Å². The van der Waals surface area contributed by atoms with Crippen molar-refractivity contribution in [2.24, 2.45) is 0 Å². The highest BCUT2D eigenvalue weighted by Gasteiger charge is 2.07. The predicted molar refractivity (Wildman–Crippen MR) is 66.6 cm³/mol. The molecule has 2 rings (SSSR count). The summed E-state index contributed by atoms with van der Waals surface area (Å²) in [6.07, 6.45) is 0. The Hall–Kier alpha value is -0.860. The zero-order valence-corrected chi connectivity index (χ0v) is 10.3. The molecule has 0 N–H and O–H groups in total. The molecule has 0 atom stereocenters. The van der Waals surface area contributed by atoms with Gasteiger partial charge in [0.05, 0.1) is 11.6 Å². The van der Waals surface area contributed by atoms with E-state index >= 15 is 0 Å². The van der Waals surface area contributed by atoms with Gasteiger partial charge in [0.2, 0.25) is 0 Å². The minimum absolute atomic E-state index is 0.494. The van der Waals surface area contributed by atoms with Crippen molar-refractivity contribution in [3.8, 4) is 10.6 Å². The highest BCUT2D eigenvalue weighted by molar-refractivity contribution is 7.15. The van der Waals surface area contributed by atoms with E-state index in [1.54, 1.807) is 11.3 Å². The number of aryl methyl sites for hydroxylation is 2. The largest absolute Gasteiger partial charge is 0.240 e. The van der Waals surface area contributed by atoms with Crippen molar-refractivity contribution < 1.29 is 0 Å². The molecule has 0 saturated heterocycles. The van der Waals surface area contributed by atoms with Gasteiger partial charge in [0.25, 0.3) is 0 Å². The second-order valence-electron chi connectivity index (χ2n) is 3.52. The van der Waals surface area contributed by atoms with Crippen LogP contribution in [0.15, 0.2) is 24.3 Å². The molecule has 0 unspecified atom stereocenters. The third-order valence-corrected chi connectivity index (χ3v) is 3.63. The van der Waals surface area contributed by atoms with Gasteiger partial charge in [0, 0.05) is 10.4 Å². The summed E-state index contributed by atoms with van der Waals surface area (Å²) in [6, 6.07) is 8.41. The van der Waals surface area contributed by atoms with Crippen LogP contribution in [0, 0.1) is 13.8 Å². The second kappa shape index (κ2) is 4.33. The summed E-state index contributed by atoms with van der Waals surface area (Å²) >= 11 is 7.50. The van der Waals surface area contributed by atoms with Crippen LogP contribution >= 0.6 is 22.9 Å². The normalized spacial score (nSPS) is 10.6. The average molecular weight is 238 g/mol. The third-order valence-electron chi connectivity index (χ3n) is 2.32. The predicted octanol–water partition coefficient (Wildman–Crippen LogP) is 4.17. The van der Waals surface area contributed by atoms with Crippen LogP contribution in [0.1, 0.15) is 16.1 Å². The number of rotatable bonds is 2. The Kier molecular flexibility index (Phi) is 3.08. The SMILES string of the molecule is Cc1ccc(-c2nc(CCl)c(C)s2)cc1. The van der Waals surface area contributed by atoms with Crippen LogP contribution in [0.3, 0.4) is 0 Å². The number of alkyl halides is 1. The summed E-state index contributed by atoms with van der Waals surface area (Å²) in [4.78, 5) is 5.72.